The normalized spacial score (nSPS) is 15.9. The highest BCUT2D eigenvalue weighted by molar-refractivity contribution is 5.93. The van der Waals surface area contributed by atoms with Gasteiger partial charge < -0.3 is 16.4 Å². The summed E-state index contributed by atoms with van der Waals surface area (Å²) in [5.41, 5.74) is 7.05. The molecule has 6 nitrogen and oxygen atoms in total. The Kier molecular flexibility index (Phi) is 13.1. The second-order valence-corrected chi connectivity index (χ2v) is 6.90. The van der Waals surface area contributed by atoms with Gasteiger partial charge in [0.25, 0.3) is 0 Å². The largest absolute Gasteiger partial charge is 0.327 e. The molecule has 0 aromatic heterocycles. The van der Waals surface area contributed by atoms with E-state index in [0.29, 0.717) is 12.2 Å². The summed E-state index contributed by atoms with van der Waals surface area (Å²) < 4.78 is 0. The number of hydrogen-bond donors (Lipinski definition) is 3. The molecule has 27 heavy (non-hydrogen) atoms. The summed E-state index contributed by atoms with van der Waals surface area (Å²) in [5, 5.41) is 5.72. The minimum Gasteiger partial charge on any atom is -0.327 e. The first-order chi connectivity index (χ1) is 12.0. The third kappa shape index (κ3) is 10.5. The molecule has 1 heterocycles. The van der Waals surface area contributed by atoms with E-state index in [9.17, 15) is 9.59 Å². The van der Waals surface area contributed by atoms with Crippen molar-refractivity contribution in [3.8, 4) is 0 Å². The first-order valence-electron chi connectivity index (χ1n) is 9.20. The fraction of sp³-hybridized carbons (Fsp3) is 0.579. The Morgan fingerprint density at radius 2 is 1.37 bits per heavy atom. The summed E-state index contributed by atoms with van der Waals surface area (Å²) >= 11 is 0. The summed E-state index contributed by atoms with van der Waals surface area (Å²) in [7, 11) is 0. The van der Waals surface area contributed by atoms with E-state index in [1.807, 2.05) is 0 Å². The number of benzene rings is 1. The minimum absolute atomic E-state index is 0. The molecule has 1 fully saturated rings. The average Bonchev–Trinajstić information content (AvgIpc) is 2.51. The smallest absolute Gasteiger partial charge is 0.238 e. The van der Waals surface area contributed by atoms with Crippen LogP contribution >= 0.6 is 24.8 Å². The fourth-order valence-corrected chi connectivity index (χ4v) is 3.02. The molecular formula is C19H32Cl2N4O2. The highest BCUT2D eigenvalue weighted by atomic mass is 35.5. The SMILES string of the molecule is CC(N)CC(=O)Nc1ccc(NC(=O)CN2CCCCCCC2)cc1.Cl.Cl. The van der Waals surface area contributed by atoms with Gasteiger partial charge in [-0.1, -0.05) is 19.3 Å². The Hall–Kier alpha value is -1.34. The number of likely N-dealkylation sites (tertiary alicyclic amines) is 1. The van der Waals surface area contributed by atoms with Crippen molar-refractivity contribution in [3.05, 3.63) is 24.3 Å². The van der Waals surface area contributed by atoms with Gasteiger partial charge in [0.2, 0.25) is 11.8 Å². The van der Waals surface area contributed by atoms with E-state index in [1.165, 1.54) is 32.1 Å². The van der Waals surface area contributed by atoms with Gasteiger partial charge in [0.1, 0.15) is 0 Å². The number of nitrogens with zero attached hydrogens (tertiary/aromatic N) is 1. The van der Waals surface area contributed by atoms with Crippen molar-refractivity contribution in [1.82, 2.24) is 4.90 Å². The predicted octanol–water partition coefficient (Wildman–Crippen LogP) is 3.41. The number of carbonyl (C=O) groups excluding carboxylic acids is 2. The molecule has 1 aromatic rings. The molecule has 8 heteroatoms. The number of anilines is 2. The summed E-state index contributed by atoms with van der Waals surface area (Å²) in [6.07, 6.45) is 6.45. The van der Waals surface area contributed by atoms with Crippen molar-refractivity contribution < 1.29 is 9.59 Å². The minimum atomic E-state index is -0.165. The zero-order chi connectivity index (χ0) is 18.1. The lowest BCUT2D eigenvalue weighted by atomic mass is 10.1. The average molecular weight is 419 g/mol. The van der Waals surface area contributed by atoms with Gasteiger partial charge in [-0.05, 0) is 57.1 Å². The number of halogens is 2. The molecule has 0 saturated carbocycles. The number of nitrogens with one attached hydrogen (secondary N) is 2. The van der Waals surface area contributed by atoms with Crippen molar-refractivity contribution in [2.24, 2.45) is 5.73 Å². The maximum atomic E-state index is 12.2. The standard InChI is InChI=1S/C19H30N4O2.2ClH/c1-15(20)13-18(24)21-16-7-9-17(10-8-16)22-19(25)14-23-11-5-3-2-4-6-12-23;;/h7-10,15H,2-6,11-14,20H2,1H3,(H,21,24)(H,22,25);2*1H. The lowest BCUT2D eigenvalue weighted by Gasteiger charge is -2.23. The molecule has 0 radical (unpaired) electrons. The van der Waals surface area contributed by atoms with Crippen molar-refractivity contribution in [2.45, 2.75) is 51.5 Å². The topological polar surface area (TPSA) is 87.5 Å². The van der Waals surface area contributed by atoms with Crippen LogP contribution in [0.15, 0.2) is 24.3 Å². The van der Waals surface area contributed by atoms with Crippen LogP contribution in [0.4, 0.5) is 11.4 Å². The van der Waals surface area contributed by atoms with Crippen LogP contribution in [0, 0.1) is 0 Å². The van der Waals surface area contributed by atoms with Crippen LogP contribution < -0.4 is 16.4 Å². The Bertz CT molecular complexity index is 559. The second-order valence-electron chi connectivity index (χ2n) is 6.90. The molecule has 0 aliphatic carbocycles. The summed E-state index contributed by atoms with van der Waals surface area (Å²) in [6, 6.07) is 7.00. The monoisotopic (exact) mass is 418 g/mol. The molecule has 1 aliphatic rings. The van der Waals surface area contributed by atoms with Gasteiger partial charge in [0.05, 0.1) is 6.54 Å². The molecule has 1 atom stereocenters. The lowest BCUT2D eigenvalue weighted by molar-refractivity contribution is -0.117. The van der Waals surface area contributed by atoms with E-state index in [2.05, 4.69) is 15.5 Å². The van der Waals surface area contributed by atoms with Gasteiger partial charge in [0, 0.05) is 23.8 Å². The van der Waals surface area contributed by atoms with Crippen LogP contribution in [-0.2, 0) is 9.59 Å². The fourth-order valence-electron chi connectivity index (χ4n) is 3.02. The van der Waals surface area contributed by atoms with Crippen LogP contribution in [0.25, 0.3) is 0 Å². The van der Waals surface area contributed by atoms with Gasteiger partial charge in [0.15, 0.2) is 0 Å². The number of nitrogens with two attached hydrogens (primary N) is 1. The number of hydrogen-bond acceptors (Lipinski definition) is 4. The molecule has 154 valence electrons. The van der Waals surface area contributed by atoms with E-state index >= 15 is 0 Å². The predicted molar refractivity (Wildman–Crippen MR) is 116 cm³/mol. The molecule has 1 aliphatic heterocycles. The van der Waals surface area contributed by atoms with Gasteiger partial charge in [-0.3, -0.25) is 14.5 Å². The molecule has 0 bridgehead atoms. The van der Waals surface area contributed by atoms with Crippen LogP contribution in [0.5, 0.6) is 0 Å². The van der Waals surface area contributed by atoms with E-state index in [4.69, 9.17) is 5.73 Å². The highest BCUT2D eigenvalue weighted by Crippen LogP contribution is 2.15. The molecule has 1 unspecified atom stereocenters. The van der Waals surface area contributed by atoms with E-state index in [0.717, 1.165) is 18.8 Å². The highest BCUT2D eigenvalue weighted by Gasteiger charge is 2.12. The first-order valence-corrected chi connectivity index (χ1v) is 9.20. The van der Waals surface area contributed by atoms with E-state index in [-0.39, 0.29) is 49.1 Å². The van der Waals surface area contributed by atoms with Crippen LogP contribution in [0.3, 0.4) is 0 Å². The lowest BCUT2D eigenvalue weighted by Crippen LogP contribution is -2.35. The molecule has 4 N–H and O–H groups in total. The quantitative estimate of drug-likeness (QED) is 0.660. The van der Waals surface area contributed by atoms with E-state index < -0.39 is 0 Å². The third-order valence-electron chi connectivity index (χ3n) is 4.28. The van der Waals surface area contributed by atoms with Crippen molar-refractivity contribution >= 4 is 48.0 Å². The summed E-state index contributed by atoms with van der Waals surface area (Å²) in [5.74, 6) is -0.0989. The molecule has 2 amide bonds. The number of carbonyl (C=O) groups is 2. The number of rotatable bonds is 6. The van der Waals surface area contributed by atoms with Crippen LogP contribution in [0.2, 0.25) is 0 Å². The molecule has 1 saturated heterocycles. The Morgan fingerprint density at radius 1 is 0.926 bits per heavy atom. The van der Waals surface area contributed by atoms with Gasteiger partial charge in [-0.15, -0.1) is 24.8 Å². The van der Waals surface area contributed by atoms with Crippen molar-refractivity contribution in [2.75, 3.05) is 30.3 Å². The maximum absolute atomic E-state index is 12.2. The van der Waals surface area contributed by atoms with Crippen LogP contribution in [0.1, 0.15) is 45.4 Å². The van der Waals surface area contributed by atoms with Crippen molar-refractivity contribution in [1.29, 1.82) is 0 Å². The molecule has 2 rings (SSSR count). The second kappa shape index (κ2) is 13.8. The number of amides is 2. The molecule has 0 spiro atoms. The van der Waals surface area contributed by atoms with Gasteiger partial charge >= 0.3 is 0 Å². The van der Waals surface area contributed by atoms with E-state index in [1.54, 1.807) is 31.2 Å². The van der Waals surface area contributed by atoms with Gasteiger partial charge in [-0.25, -0.2) is 0 Å². The van der Waals surface area contributed by atoms with Crippen molar-refractivity contribution in [3.63, 3.8) is 0 Å². The molecular weight excluding hydrogens is 387 g/mol. The Morgan fingerprint density at radius 3 is 1.85 bits per heavy atom. The zero-order valence-electron chi connectivity index (χ0n) is 15.9. The maximum Gasteiger partial charge on any atom is 0.238 e. The first kappa shape index (κ1) is 25.7. The zero-order valence-corrected chi connectivity index (χ0v) is 17.5. The Balaban J connectivity index is 0.00000338. The summed E-state index contributed by atoms with van der Waals surface area (Å²) in [4.78, 5) is 26.2. The van der Waals surface area contributed by atoms with Gasteiger partial charge in [-0.2, -0.15) is 0 Å². The summed E-state index contributed by atoms with van der Waals surface area (Å²) in [6.45, 7) is 4.23. The Labute approximate surface area is 174 Å². The molecule has 1 aromatic carbocycles. The third-order valence-corrected chi connectivity index (χ3v) is 4.28. The van der Waals surface area contributed by atoms with Crippen LogP contribution in [-0.4, -0.2) is 42.4 Å².